The fraction of sp³-hybridized carbons (Fsp3) is 0.280. The second-order valence-electron chi connectivity index (χ2n) is 7.36. The number of hydrogen-bond donors (Lipinski definition) is 2. The minimum atomic E-state index is -0.525. The van der Waals surface area contributed by atoms with Gasteiger partial charge in [-0.3, -0.25) is 0 Å². The lowest BCUT2D eigenvalue weighted by Gasteiger charge is -2.21. The van der Waals surface area contributed by atoms with Gasteiger partial charge in [0.15, 0.2) is 0 Å². The summed E-state index contributed by atoms with van der Waals surface area (Å²) in [6.07, 6.45) is -0.703. The van der Waals surface area contributed by atoms with Crippen LogP contribution in [0.4, 0.5) is 0 Å². The van der Waals surface area contributed by atoms with E-state index in [1.807, 2.05) is 36.4 Å². The third-order valence-electron chi connectivity index (χ3n) is 5.02. The van der Waals surface area contributed by atoms with Crippen molar-refractivity contribution < 1.29 is 15.2 Å². The van der Waals surface area contributed by atoms with Gasteiger partial charge in [-0.25, -0.2) is 0 Å². The van der Waals surface area contributed by atoms with E-state index in [9.17, 15) is 5.11 Å². The van der Waals surface area contributed by atoms with Crippen molar-refractivity contribution in [2.24, 2.45) is 0 Å². The number of quaternary nitrogens is 1. The van der Waals surface area contributed by atoms with Gasteiger partial charge in [0, 0.05) is 5.56 Å². The van der Waals surface area contributed by atoms with Crippen LogP contribution < -0.4 is 5.32 Å². The van der Waals surface area contributed by atoms with Gasteiger partial charge in [0.2, 0.25) is 0 Å². The van der Waals surface area contributed by atoms with E-state index in [4.69, 9.17) is 4.74 Å². The summed E-state index contributed by atoms with van der Waals surface area (Å²) in [4.78, 5) is 0. The molecule has 0 fully saturated rings. The van der Waals surface area contributed by atoms with Crippen LogP contribution in [0.2, 0.25) is 0 Å². The molecule has 0 saturated carbocycles. The molecule has 3 aromatic carbocycles. The van der Waals surface area contributed by atoms with Crippen molar-refractivity contribution in [2.45, 2.75) is 32.1 Å². The highest BCUT2D eigenvalue weighted by Crippen LogP contribution is 2.26. The molecule has 0 heterocycles. The zero-order valence-electron chi connectivity index (χ0n) is 16.7. The third-order valence-corrected chi connectivity index (χ3v) is 5.02. The molecule has 28 heavy (non-hydrogen) atoms. The van der Waals surface area contributed by atoms with Crippen LogP contribution in [-0.2, 0) is 4.74 Å². The summed E-state index contributed by atoms with van der Waals surface area (Å²) in [5, 5.41) is 12.6. The molecule has 0 amide bonds. The summed E-state index contributed by atoms with van der Waals surface area (Å²) in [5.74, 6) is 0. The normalized spacial score (nSPS) is 14.4. The molecule has 3 heteroatoms. The molecule has 3 aromatic rings. The first kappa shape index (κ1) is 20.3. The van der Waals surface area contributed by atoms with Crippen LogP contribution in [0.3, 0.4) is 0 Å². The number of benzene rings is 3. The van der Waals surface area contributed by atoms with Crippen molar-refractivity contribution in [3.05, 3.63) is 107 Å². The van der Waals surface area contributed by atoms with Gasteiger partial charge in [-0.15, -0.1) is 0 Å². The largest absolute Gasteiger partial charge is 0.385 e. The van der Waals surface area contributed by atoms with Gasteiger partial charge in [0.05, 0.1) is 6.61 Å². The van der Waals surface area contributed by atoms with Crippen LogP contribution in [0.15, 0.2) is 84.9 Å². The van der Waals surface area contributed by atoms with Gasteiger partial charge in [-0.05, 0) is 25.0 Å². The van der Waals surface area contributed by atoms with Gasteiger partial charge >= 0.3 is 0 Å². The SMILES string of the molecule is Cc1ccc([C@H](OC[C@H](O)C[NH2+][C@@H](C)c2ccccc2)c2ccccc2)cc1. The molecule has 0 aliphatic rings. The summed E-state index contributed by atoms with van der Waals surface area (Å²) in [6.45, 7) is 5.13. The van der Waals surface area contributed by atoms with Crippen LogP contribution in [0.1, 0.15) is 41.3 Å². The molecule has 146 valence electrons. The topological polar surface area (TPSA) is 46.1 Å². The first-order chi connectivity index (χ1) is 13.6. The molecule has 3 N–H and O–H groups in total. The number of aryl methyl sites for hydroxylation is 1. The Labute approximate surface area is 168 Å². The number of hydrogen-bond acceptors (Lipinski definition) is 2. The maximum absolute atomic E-state index is 10.5. The Morgan fingerprint density at radius 3 is 1.93 bits per heavy atom. The Morgan fingerprint density at radius 2 is 1.32 bits per heavy atom. The number of ether oxygens (including phenoxy) is 1. The van der Waals surface area contributed by atoms with E-state index in [1.165, 1.54) is 11.1 Å². The molecule has 3 atom stereocenters. The molecular formula is C25H30NO2+. The van der Waals surface area contributed by atoms with Crippen molar-refractivity contribution in [1.82, 2.24) is 0 Å². The predicted octanol–water partition coefficient (Wildman–Crippen LogP) is 3.79. The molecule has 3 rings (SSSR count). The molecule has 0 radical (unpaired) electrons. The average Bonchev–Trinajstić information content (AvgIpc) is 2.75. The lowest BCUT2D eigenvalue weighted by molar-refractivity contribution is -0.698. The van der Waals surface area contributed by atoms with E-state index in [0.29, 0.717) is 19.2 Å². The van der Waals surface area contributed by atoms with Gasteiger partial charge in [-0.1, -0.05) is 90.5 Å². The molecule has 0 aliphatic heterocycles. The Morgan fingerprint density at radius 1 is 0.786 bits per heavy atom. The predicted molar refractivity (Wildman–Crippen MR) is 113 cm³/mol. The van der Waals surface area contributed by atoms with E-state index in [-0.39, 0.29) is 6.10 Å². The van der Waals surface area contributed by atoms with Crippen molar-refractivity contribution >= 4 is 0 Å². The van der Waals surface area contributed by atoms with Crippen LogP contribution in [0, 0.1) is 6.92 Å². The van der Waals surface area contributed by atoms with E-state index in [2.05, 4.69) is 67.7 Å². The van der Waals surface area contributed by atoms with Crippen LogP contribution in [0.25, 0.3) is 0 Å². The fourth-order valence-electron chi connectivity index (χ4n) is 3.28. The smallest absolute Gasteiger partial charge is 0.126 e. The minimum absolute atomic E-state index is 0.178. The Hall–Kier alpha value is -2.46. The van der Waals surface area contributed by atoms with Crippen LogP contribution in [-0.4, -0.2) is 24.4 Å². The maximum Gasteiger partial charge on any atom is 0.126 e. The van der Waals surface area contributed by atoms with Crippen molar-refractivity contribution in [3.63, 3.8) is 0 Å². The standard InChI is InChI=1S/C25H29NO2/c1-19-13-15-23(16-14-19)25(22-11-7-4-8-12-22)28-18-24(27)17-26-20(2)21-9-5-3-6-10-21/h3-16,20,24-27H,17-18H2,1-2H3/p+1/t20-,24+,25+/m0/s1. The fourth-order valence-corrected chi connectivity index (χ4v) is 3.28. The van der Waals surface area contributed by atoms with Gasteiger partial charge in [0.25, 0.3) is 0 Å². The van der Waals surface area contributed by atoms with Crippen LogP contribution in [0.5, 0.6) is 0 Å². The number of aliphatic hydroxyl groups is 1. The summed E-state index contributed by atoms with van der Waals surface area (Å²) >= 11 is 0. The van der Waals surface area contributed by atoms with E-state index < -0.39 is 6.10 Å². The van der Waals surface area contributed by atoms with Crippen LogP contribution >= 0.6 is 0 Å². The van der Waals surface area contributed by atoms with Gasteiger partial charge in [-0.2, -0.15) is 0 Å². The highest BCUT2D eigenvalue weighted by molar-refractivity contribution is 5.31. The minimum Gasteiger partial charge on any atom is -0.385 e. The summed E-state index contributed by atoms with van der Waals surface area (Å²) in [5.41, 5.74) is 4.68. The lowest BCUT2D eigenvalue weighted by atomic mass is 10.0. The molecule has 0 aromatic heterocycles. The highest BCUT2D eigenvalue weighted by atomic mass is 16.5. The second kappa shape index (κ2) is 10.2. The Bertz CT molecular complexity index is 818. The summed E-state index contributed by atoms with van der Waals surface area (Å²) < 4.78 is 6.18. The van der Waals surface area contributed by atoms with Crippen molar-refractivity contribution in [3.8, 4) is 0 Å². The quantitative estimate of drug-likeness (QED) is 0.597. The zero-order chi connectivity index (χ0) is 19.8. The molecule has 0 aliphatic carbocycles. The Kier molecular flexibility index (Phi) is 7.38. The monoisotopic (exact) mass is 376 g/mol. The number of rotatable bonds is 9. The average molecular weight is 377 g/mol. The molecule has 0 bridgehead atoms. The zero-order valence-corrected chi connectivity index (χ0v) is 16.7. The molecular weight excluding hydrogens is 346 g/mol. The van der Waals surface area contributed by atoms with E-state index in [1.54, 1.807) is 0 Å². The van der Waals surface area contributed by atoms with Crippen molar-refractivity contribution in [2.75, 3.05) is 13.2 Å². The lowest BCUT2D eigenvalue weighted by Crippen LogP contribution is -2.87. The molecule has 0 unspecified atom stereocenters. The first-order valence-corrected chi connectivity index (χ1v) is 9.93. The summed E-state index contributed by atoms with van der Waals surface area (Å²) in [6, 6.07) is 29.2. The first-order valence-electron chi connectivity index (χ1n) is 9.93. The number of aliphatic hydroxyl groups excluding tert-OH is 1. The highest BCUT2D eigenvalue weighted by Gasteiger charge is 2.18. The van der Waals surface area contributed by atoms with Gasteiger partial charge in [0.1, 0.15) is 24.8 Å². The second-order valence-corrected chi connectivity index (χ2v) is 7.36. The van der Waals surface area contributed by atoms with Crippen molar-refractivity contribution in [1.29, 1.82) is 0 Å². The van der Waals surface area contributed by atoms with Gasteiger partial charge < -0.3 is 15.2 Å². The Balaban J connectivity index is 1.59. The molecule has 0 spiro atoms. The molecule has 3 nitrogen and oxygen atoms in total. The van der Waals surface area contributed by atoms with E-state index in [0.717, 1.165) is 11.1 Å². The third kappa shape index (κ3) is 5.77. The van der Waals surface area contributed by atoms with E-state index >= 15 is 0 Å². The summed E-state index contributed by atoms with van der Waals surface area (Å²) in [7, 11) is 0. The maximum atomic E-state index is 10.5. The number of nitrogens with two attached hydrogens (primary N) is 1. The molecule has 0 saturated heterocycles.